The molecule has 0 atom stereocenters. The molecular formula is C19H23FN6S. The summed E-state index contributed by atoms with van der Waals surface area (Å²) in [5, 5.41) is 7.50. The van der Waals surface area contributed by atoms with Crippen LogP contribution in [0.1, 0.15) is 28.1 Å². The van der Waals surface area contributed by atoms with Crippen molar-refractivity contribution in [3.05, 3.63) is 63.9 Å². The molecule has 0 aliphatic rings. The molecule has 0 unspecified atom stereocenters. The van der Waals surface area contributed by atoms with Gasteiger partial charge in [0.1, 0.15) is 10.8 Å². The Labute approximate surface area is 162 Å². The quantitative estimate of drug-likeness (QED) is 0.504. The van der Waals surface area contributed by atoms with Crippen LogP contribution in [0.5, 0.6) is 0 Å². The lowest BCUT2D eigenvalue weighted by Crippen LogP contribution is -2.36. The van der Waals surface area contributed by atoms with Gasteiger partial charge in [-0.2, -0.15) is 0 Å². The molecule has 0 amide bonds. The van der Waals surface area contributed by atoms with Crippen molar-refractivity contribution < 1.29 is 4.39 Å². The van der Waals surface area contributed by atoms with Gasteiger partial charge < -0.3 is 15.2 Å². The lowest BCUT2D eigenvalue weighted by Gasteiger charge is -2.10. The van der Waals surface area contributed by atoms with E-state index in [0.29, 0.717) is 24.7 Å². The van der Waals surface area contributed by atoms with Crippen molar-refractivity contribution in [3.63, 3.8) is 0 Å². The van der Waals surface area contributed by atoms with Crippen molar-refractivity contribution in [2.75, 3.05) is 6.54 Å². The minimum absolute atomic E-state index is 0.299. The molecule has 6 nitrogen and oxygen atoms in total. The third kappa shape index (κ3) is 4.91. The van der Waals surface area contributed by atoms with Gasteiger partial charge in [0, 0.05) is 23.8 Å². The number of nitrogens with one attached hydrogen (secondary N) is 2. The van der Waals surface area contributed by atoms with Crippen molar-refractivity contribution in [2.24, 2.45) is 4.99 Å². The molecule has 0 aliphatic carbocycles. The van der Waals surface area contributed by atoms with Gasteiger partial charge in [-0.3, -0.25) is 0 Å². The Morgan fingerprint density at radius 2 is 2.15 bits per heavy atom. The molecule has 2 aromatic heterocycles. The molecule has 27 heavy (non-hydrogen) atoms. The predicted molar refractivity (Wildman–Crippen MR) is 107 cm³/mol. The largest absolute Gasteiger partial charge is 0.357 e. The Hall–Kier alpha value is -2.74. The van der Waals surface area contributed by atoms with Crippen LogP contribution in [0.3, 0.4) is 0 Å². The molecule has 0 aliphatic heterocycles. The number of benzene rings is 1. The summed E-state index contributed by atoms with van der Waals surface area (Å²) in [7, 11) is 0. The predicted octanol–water partition coefficient (Wildman–Crippen LogP) is 3.34. The van der Waals surface area contributed by atoms with Gasteiger partial charge in [0.15, 0.2) is 5.96 Å². The van der Waals surface area contributed by atoms with Crippen LogP contribution >= 0.6 is 11.3 Å². The fourth-order valence-corrected chi connectivity index (χ4v) is 3.42. The Kier molecular flexibility index (Phi) is 6.18. The first-order valence-electron chi connectivity index (χ1n) is 8.78. The number of rotatable bonds is 6. The van der Waals surface area contributed by atoms with Crippen molar-refractivity contribution in [3.8, 4) is 5.69 Å². The SMILES string of the molecule is CCNC(=NCc1ccc(-n2ccnc2)c(F)c1)NCc1nc(C)c(C)s1. The standard InChI is InChI=1S/C19H23FN6S/c1-4-22-19(24-11-18-25-13(2)14(3)27-18)23-10-15-5-6-17(16(20)9-15)26-8-7-21-12-26/h5-9,12H,4,10-11H2,1-3H3,(H2,22,23,24). The van der Waals surface area contributed by atoms with Crippen LogP contribution in [0.25, 0.3) is 5.69 Å². The number of imidazole rings is 1. The maximum Gasteiger partial charge on any atom is 0.191 e. The van der Waals surface area contributed by atoms with Gasteiger partial charge in [-0.1, -0.05) is 6.07 Å². The van der Waals surface area contributed by atoms with E-state index in [-0.39, 0.29) is 5.82 Å². The number of aliphatic imine (C=N–C) groups is 1. The smallest absolute Gasteiger partial charge is 0.191 e. The summed E-state index contributed by atoms with van der Waals surface area (Å²) in [4.78, 5) is 14.2. The zero-order valence-corrected chi connectivity index (χ0v) is 16.5. The molecule has 0 saturated heterocycles. The molecule has 3 rings (SSSR count). The average molecular weight is 387 g/mol. The number of thiazole rings is 1. The zero-order valence-electron chi connectivity index (χ0n) is 15.7. The van der Waals surface area contributed by atoms with E-state index in [4.69, 9.17) is 0 Å². The molecule has 1 aromatic carbocycles. The van der Waals surface area contributed by atoms with Crippen LogP contribution in [0.4, 0.5) is 4.39 Å². The van der Waals surface area contributed by atoms with Gasteiger partial charge in [0.2, 0.25) is 0 Å². The third-order valence-corrected chi connectivity index (χ3v) is 5.11. The van der Waals surface area contributed by atoms with E-state index in [0.717, 1.165) is 22.8 Å². The number of halogens is 1. The van der Waals surface area contributed by atoms with Gasteiger partial charge in [0.05, 0.1) is 30.8 Å². The first kappa shape index (κ1) is 19.0. The maximum atomic E-state index is 14.4. The maximum absolute atomic E-state index is 14.4. The molecule has 0 fully saturated rings. The second kappa shape index (κ2) is 8.77. The number of aryl methyl sites for hydroxylation is 2. The van der Waals surface area contributed by atoms with Gasteiger partial charge in [-0.25, -0.2) is 19.4 Å². The highest BCUT2D eigenvalue weighted by atomic mass is 32.1. The minimum Gasteiger partial charge on any atom is -0.357 e. The molecule has 142 valence electrons. The molecular weight excluding hydrogens is 363 g/mol. The van der Waals surface area contributed by atoms with Crippen LogP contribution < -0.4 is 10.6 Å². The summed E-state index contributed by atoms with van der Waals surface area (Å²) in [5.74, 6) is 0.384. The number of guanidine groups is 1. The highest BCUT2D eigenvalue weighted by Crippen LogP contribution is 2.17. The van der Waals surface area contributed by atoms with Gasteiger partial charge in [-0.05, 0) is 38.5 Å². The Bertz CT molecular complexity index is 897. The highest BCUT2D eigenvalue weighted by Gasteiger charge is 2.07. The molecule has 0 saturated carbocycles. The van der Waals surface area contributed by atoms with Crippen molar-refractivity contribution in [1.82, 2.24) is 25.2 Å². The Morgan fingerprint density at radius 3 is 2.78 bits per heavy atom. The summed E-state index contributed by atoms with van der Waals surface area (Å²) >= 11 is 1.68. The number of hydrogen-bond acceptors (Lipinski definition) is 4. The fraction of sp³-hybridized carbons (Fsp3) is 0.316. The van der Waals surface area contributed by atoms with Crippen LogP contribution in [0.15, 0.2) is 41.9 Å². The van der Waals surface area contributed by atoms with E-state index < -0.39 is 0 Å². The van der Waals surface area contributed by atoms with Gasteiger partial charge >= 0.3 is 0 Å². The van der Waals surface area contributed by atoms with Crippen molar-refractivity contribution in [2.45, 2.75) is 33.9 Å². The second-order valence-electron chi connectivity index (χ2n) is 6.05. The first-order valence-corrected chi connectivity index (χ1v) is 9.60. The summed E-state index contributed by atoms with van der Waals surface area (Å²) in [6.07, 6.45) is 4.91. The molecule has 2 N–H and O–H groups in total. The monoisotopic (exact) mass is 386 g/mol. The van der Waals surface area contributed by atoms with E-state index in [1.807, 2.05) is 19.9 Å². The fourth-order valence-electron chi connectivity index (χ4n) is 2.55. The van der Waals surface area contributed by atoms with Gasteiger partial charge in [-0.15, -0.1) is 11.3 Å². The molecule has 2 heterocycles. The van der Waals surface area contributed by atoms with E-state index in [1.165, 1.54) is 10.9 Å². The lowest BCUT2D eigenvalue weighted by atomic mass is 10.2. The van der Waals surface area contributed by atoms with Crippen LogP contribution in [-0.4, -0.2) is 27.0 Å². The van der Waals surface area contributed by atoms with Crippen molar-refractivity contribution in [1.29, 1.82) is 0 Å². The van der Waals surface area contributed by atoms with E-state index in [9.17, 15) is 4.39 Å². The van der Waals surface area contributed by atoms with E-state index in [1.54, 1.807) is 40.7 Å². The second-order valence-corrected chi connectivity index (χ2v) is 7.34. The van der Waals surface area contributed by atoms with Crippen molar-refractivity contribution >= 4 is 17.3 Å². The summed E-state index contributed by atoms with van der Waals surface area (Å²) in [6, 6.07) is 5.12. The lowest BCUT2D eigenvalue weighted by molar-refractivity contribution is 0.615. The topological polar surface area (TPSA) is 67.1 Å². The van der Waals surface area contributed by atoms with Gasteiger partial charge in [0.25, 0.3) is 0 Å². The normalized spacial score (nSPS) is 11.6. The van der Waals surface area contributed by atoms with Crippen LogP contribution in [0.2, 0.25) is 0 Å². The number of hydrogen-bond donors (Lipinski definition) is 2. The van der Waals surface area contributed by atoms with E-state index >= 15 is 0 Å². The summed E-state index contributed by atoms with van der Waals surface area (Å²) in [6.45, 7) is 7.82. The molecule has 8 heteroatoms. The number of nitrogens with zero attached hydrogens (tertiary/aromatic N) is 4. The molecule has 0 radical (unpaired) electrons. The Morgan fingerprint density at radius 1 is 1.30 bits per heavy atom. The first-order chi connectivity index (χ1) is 13.1. The average Bonchev–Trinajstić information content (AvgIpc) is 3.28. The number of aromatic nitrogens is 3. The Balaban J connectivity index is 1.66. The van der Waals surface area contributed by atoms with E-state index in [2.05, 4.69) is 32.5 Å². The minimum atomic E-state index is -0.299. The van der Waals surface area contributed by atoms with Crippen LogP contribution in [0, 0.1) is 19.7 Å². The molecule has 0 bridgehead atoms. The molecule has 3 aromatic rings. The highest BCUT2D eigenvalue weighted by molar-refractivity contribution is 7.11. The third-order valence-electron chi connectivity index (χ3n) is 4.04. The summed E-state index contributed by atoms with van der Waals surface area (Å²) in [5.41, 5.74) is 2.33. The van der Waals surface area contributed by atoms with Crippen LogP contribution in [-0.2, 0) is 13.1 Å². The summed E-state index contributed by atoms with van der Waals surface area (Å²) < 4.78 is 16.0. The zero-order chi connectivity index (χ0) is 19.2. The molecule has 0 spiro atoms.